The molecular weight excluding hydrogens is 357 g/mol. The molecule has 0 nitrogen and oxygen atoms in total. The van der Waals surface area contributed by atoms with Crippen molar-refractivity contribution in [3.05, 3.63) is 96.6 Å². The molecule has 0 unspecified atom stereocenters. The highest BCUT2D eigenvalue weighted by molar-refractivity contribution is 6.25. The Labute approximate surface area is 159 Å². The average Bonchev–Trinajstić information content (AvgIpc) is 2.73. The highest BCUT2D eigenvalue weighted by Crippen LogP contribution is 2.40. The highest BCUT2D eigenvalue weighted by Gasteiger charge is 2.33. The molecule has 0 bridgehead atoms. The van der Waals surface area contributed by atoms with Gasteiger partial charge < -0.3 is 0 Å². The molecule has 136 valence electrons. The first-order chi connectivity index (χ1) is 13.5. The zero-order valence-corrected chi connectivity index (χ0v) is 14.8. The molecule has 0 spiro atoms. The van der Waals surface area contributed by atoms with Gasteiger partial charge in [0.1, 0.15) is 0 Å². The van der Waals surface area contributed by atoms with Gasteiger partial charge in [-0.3, -0.25) is 0 Å². The van der Waals surface area contributed by atoms with Gasteiger partial charge in [-0.1, -0.05) is 78.9 Å². The summed E-state index contributed by atoms with van der Waals surface area (Å²) in [5.74, 6) is 0. The maximum Gasteiger partial charge on any atom is 0.417 e. The molecule has 0 atom stereocenters. The third kappa shape index (κ3) is 2.55. The van der Waals surface area contributed by atoms with E-state index in [2.05, 4.69) is 18.2 Å². The maximum absolute atomic E-state index is 13.5. The van der Waals surface area contributed by atoms with Crippen molar-refractivity contribution in [1.82, 2.24) is 0 Å². The van der Waals surface area contributed by atoms with Gasteiger partial charge in [0, 0.05) is 0 Å². The topological polar surface area (TPSA) is 0 Å². The first-order valence-electron chi connectivity index (χ1n) is 9.04. The van der Waals surface area contributed by atoms with Crippen LogP contribution in [0.5, 0.6) is 0 Å². The van der Waals surface area contributed by atoms with Gasteiger partial charge in [0.2, 0.25) is 0 Å². The monoisotopic (exact) mass is 372 g/mol. The molecule has 0 aliphatic carbocycles. The molecule has 0 saturated carbocycles. The zero-order valence-electron chi connectivity index (χ0n) is 14.8. The van der Waals surface area contributed by atoms with E-state index in [1.807, 2.05) is 42.5 Å². The Hall–Kier alpha value is -3.33. The predicted octanol–water partition coefficient (Wildman–Crippen LogP) is 7.83. The van der Waals surface area contributed by atoms with Crippen LogP contribution in [0.15, 0.2) is 91.0 Å². The van der Waals surface area contributed by atoms with Crippen molar-refractivity contribution in [2.75, 3.05) is 0 Å². The summed E-state index contributed by atoms with van der Waals surface area (Å²) in [6.45, 7) is 0. The summed E-state index contributed by atoms with van der Waals surface area (Å²) < 4.78 is 40.5. The SMILES string of the molecule is FC(F)(F)c1ccccc1-c1ccc2c3ccccc3c3ccccc3c2c1. The molecule has 0 radical (unpaired) electrons. The molecule has 28 heavy (non-hydrogen) atoms. The average molecular weight is 372 g/mol. The van der Waals surface area contributed by atoms with Crippen LogP contribution in [0.2, 0.25) is 0 Å². The van der Waals surface area contributed by atoms with Gasteiger partial charge in [-0.15, -0.1) is 0 Å². The number of rotatable bonds is 1. The third-order valence-corrected chi connectivity index (χ3v) is 5.29. The van der Waals surface area contributed by atoms with E-state index in [-0.39, 0.29) is 5.56 Å². The summed E-state index contributed by atoms with van der Waals surface area (Å²) in [5.41, 5.74) is 0.162. The molecule has 5 aromatic carbocycles. The number of hydrogen-bond acceptors (Lipinski definition) is 0. The van der Waals surface area contributed by atoms with Gasteiger partial charge in [0.15, 0.2) is 0 Å². The molecule has 3 heteroatoms. The van der Waals surface area contributed by atoms with Gasteiger partial charge in [0.05, 0.1) is 5.56 Å². The summed E-state index contributed by atoms with van der Waals surface area (Å²) in [5, 5.41) is 6.40. The van der Waals surface area contributed by atoms with Crippen LogP contribution in [0.1, 0.15) is 5.56 Å². The standard InChI is InChI=1S/C25H15F3/c26-25(27,28)24-12-6-5-7-17(24)16-13-14-22-20-10-2-1-8-18(20)19-9-3-4-11-21(19)23(22)15-16/h1-15H. The predicted molar refractivity (Wildman–Crippen MR) is 109 cm³/mol. The molecule has 5 aromatic rings. The Kier molecular flexibility index (Phi) is 3.66. The Morgan fingerprint density at radius 3 is 1.50 bits per heavy atom. The highest BCUT2D eigenvalue weighted by atomic mass is 19.4. The molecule has 0 N–H and O–H groups in total. The second-order valence-corrected chi connectivity index (χ2v) is 6.89. The minimum atomic E-state index is -4.39. The second kappa shape index (κ2) is 6.10. The fourth-order valence-electron chi connectivity index (χ4n) is 4.06. The van der Waals surface area contributed by atoms with Crippen LogP contribution in [-0.4, -0.2) is 0 Å². The summed E-state index contributed by atoms with van der Waals surface area (Å²) >= 11 is 0. The Balaban J connectivity index is 1.89. The van der Waals surface area contributed by atoms with Crippen LogP contribution in [0.25, 0.3) is 43.4 Å². The lowest BCUT2D eigenvalue weighted by atomic mass is 9.91. The summed E-state index contributed by atoms with van der Waals surface area (Å²) in [6, 6.07) is 27.5. The lowest BCUT2D eigenvalue weighted by Gasteiger charge is -2.15. The molecule has 0 aliphatic heterocycles. The van der Waals surface area contributed by atoms with E-state index < -0.39 is 11.7 Å². The normalized spacial score (nSPS) is 12.1. The maximum atomic E-state index is 13.5. The minimum absolute atomic E-state index is 0.203. The number of fused-ring (bicyclic) bond motifs is 6. The van der Waals surface area contributed by atoms with E-state index >= 15 is 0 Å². The van der Waals surface area contributed by atoms with Crippen molar-refractivity contribution >= 4 is 32.3 Å². The van der Waals surface area contributed by atoms with Gasteiger partial charge >= 0.3 is 6.18 Å². The van der Waals surface area contributed by atoms with E-state index in [0.717, 1.165) is 38.4 Å². The lowest BCUT2D eigenvalue weighted by Crippen LogP contribution is -2.06. The summed E-state index contributed by atoms with van der Waals surface area (Å²) in [7, 11) is 0. The molecule has 0 heterocycles. The van der Waals surface area contributed by atoms with Crippen LogP contribution in [0.3, 0.4) is 0 Å². The number of hydrogen-bond donors (Lipinski definition) is 0. The molecule has 5 rings (SSSR count). The van der Waals surface area contributed by atoms with Crippen LogP contribution in [0, 0.1) is 0 Å². The molecule has 0 aromatic heterocycles. The van der Waals surface area contributed by atoms with Crippen LogP contribution in [-0.2, 0) is 6.18 Å². The Morgan fingerprint density at radius 2 is 0.929 bits per heavy atom. The molecule has 0 amide bonds. The van der Waals surface area contributed by atoms with Crippen molar-refractivity contribution in [1.29, 1.82) is 0 Å². The van der Waals surface area contributed by atoms with Crippen LogP contribution < -0.4 is 0 Å². The van der Waals surface area contributed by atoms with E-state index in [1.165, 1.54) is 12.1 Å². The second-order valence-electron chi connectivity index (χ2n) is 6.89. The zero-order chi connectivity index (χ0) is 19.3. The van der Waals surface area contributed by atoms with Gasteiger partial charge in [0.25, 0.3) is 0 Å². The van der Waals surface area contributed by atoms with Crippen LogP contribution >= 0.6 is 0 Å². The van der Waals surface area contributed by atoms with E-state index in [4.69, 9.17) is 0 Å². The first-order valence-corrected chi connectivity index (χ1v) is 9.04. The minimum Gasteiger partial charge on any atom is -0.166 e. The van der Waals surface area contributed by atoms with Gasteiger partial charge in [-0.05, 0) is 55.6 Å². The van der Waals surface area contributed by atoms with Gasteiger partial charge in [-0.2, -0.15) is 13.2 Å². The molecule has 0 fully saturated rings. The fourth-order valence-corrected chi connectivity index (χ4v) is 4.06. The molecular formula is C25H15F3. The number of alkyl halides is 3. The largest absolute Gasteiger partial charge is 0.417 e. The number of benzene rings is 5. The first kappa shape index (κ1) is 16.8. The Morgan fingerprint density at radius 1 is 0.464 bits per heavy atom. The Bertz CT molecular complexity index is 1310. The summed E-state index contributed by atoms with van der Waals surface area (Å²) in [4.78, 5) is 0. The van der Waals surface area contributed by atoms with E-state index in [0.29, 0.717) is 5.56 Å². The molecule has 0 saturated heterocycles. The quantitative estimate of drug-likeness (QED) is 0.263. The third-order valence-electron chi connectivity index (χ3n) is 5.29. The van der Waals surface area contributed by atoms with Gasteiger partial charge in [-0.25, -0.2) is 0 Å². The van der Waals surface area contributed by atoms with E-state index in [1.54, 1.807) is 12.1 Å². The van der Waals surface area contributed by atoms with Crippen molar-refractivity contribution in [3.63, 3.8) is 0 Å². The van der Waals surface area contributed by atoms with Crippen molar-refractivity contribution in [3.8, 4) is 11.1 Å². The van der Waals surface area contributed by atoms with Crippen molar-refractivity contribution in [2.45, 2.75) is 6.18 Å². The smallest absolute Gasteiger partial charge is 0.166 e. The number of halogens is 3. The van der Waals surface area contributed by atoms with Crippen LogP contribution in [0.4, 0.5) is 13.2 Å². The summed E-state index contributed by atoms with van der Waals surface area (Å²) in [6.07, 6.45) is -4.39. The molecule has 0 aliphatic rings. The lowest BCUT2D eigenvalue weighted by molar-refractivity contribution is -0.137. The fraction of sp³-hybridized carbons (Fsp3) is 0.0400. The van der Waals surface area contributed by atoms with Crippen molar-refractivity contribution < 1.29 is 13.2 Å². The van der Waals surface area contributed by atoms with E-state index in [9.17, 15) is 13.2 Å². The van der Waals surface area contributed by atoms with Crippen molar-refractivity contribution in [2.24, 2.45) is 0 Å².